The van der Waals surface area contributed by atoms with Gasteiger partial charge in [0.05, 0.1) is 10.0 Å². The number of carbonyl (C=O) groups is 2. The van der Waals surface area contributed by atoms with Gasteiger partial charge in [-0.05, 0) is 42.3 Å². The van der Waals surface area contributed by atoms with Gasteiger partial charge in [-0.3, -0.25) is 9.59 Å². The maximum absolute atomic E-state index is 11.4. The Morgan fingerprint density at radius 2 is 1.44 bits per heavy atom. The third-order valence-electron chi connectivity index (χ3n) is 2.33. The summed E-state index contributed by atoms with van der Waals surface area (Å²) < 4.78 is 0.251. The quantitative estimate of drug-likeness (QED) is 0.820. The number of carbonyl (C=O) groups excluding carboxylic acids is 2. The number of halogens is 1. The largest absolute Gasteiger partial charge is 0.506 e. The van der Waals surface area contributed by atoms with Crippen LogP contribution >= 0.6 is 15.9 Å². The van der Waals surface area contributed by atoms with E-state index in [1.165, 1.54) is 13.8 Å². The van der Waals surface area contributed by atoms with Crippen molar-refractivity contribution in [1.82, 2.24) is 0 Å². The number of rotatable bonds is 2. The summed E-state index contributed by atoms with van der Waals surface area (Å²) in [6, 6.07) is 0. The molecule has 0 heterocycles. The standard InChI is InChI=1S/C11H11BrO4/c1-4-7(5(2)13)10(15)8(6(3)14)11(16)9(4)12/h15-16H,1-3H3. The topological polar surface area (TPSA) is 74.6 Å². The van der Waals surface area contributed by atoms with E-state index in [1.54, 1.807) is 6.92 Å². The van der Waals surface area contributed by atoms with E-state index < -0.39 is 11.5 Å². The Morgan fingerprint density at radius 1 is 1.00 bits per heavy atom. The minimum Gasteiger partial charge on any atom is -0.506 e. The van der Waals surface area contributed by atoms with Crippen LogP contribution in [0.2, 0.25) is 0 Å². The molecule has 0 aliphatic rings. The van der Waals surface area contributed by atoms with Crippen LogP contribution in [0.3, 0.4) is 0 Å². The second-order valence-corrected chi connectivity index (χ2v) is 4.29. The van der Waals surface area contributed by atoms with Gasteiger partial charge in [0.2, 0.25) is 0 Å². The maximum Gasteiger partial charge on any atom is 0.167 e. The van der Waals surface area contributed by atoms with Crippen LogP contribution in [0.4, 0.5) is 0 Å². The van der Waals surface area contributed by atoms with Crippen LogP contribution in [-0.4, -0.2) is 21.8 Å². The van der Waals surface area contributed by atoms with Crippen molar-refractivity contribution in [2.24, 2.45) is 0 Å². The van der Waals surface area contributed by atoms with Gasteiger partial charge in [0, 0.05) is 0 Å². The summed E-state index contributed by atoms with van der Waals surface area (Å²) in [5.74, 6) is -1.66. The molecule has 0 saturated carbocycles. The highest BCUT2D eigenvalue weighted by Crippen LogP contribution is 2.41. The first-order valence-electron chi connectivity index (χ1n) is 4.54. The molecule has 0 radical (unpaired) electrons. The van der Waals surface area contributed by atoms with E-state index in [0.717, 1.165) is 0 Å². The second-order valence-electron chi connectivity index (χ2n) is 3.50. The average Bonchev–Trinajstić information content (AvgIpc) is 2.13. The molecule has 0 saturated heterocycles. The summed E-state index contributed by atoms with van der Waals surface area (Å²) in [4.78, 5) is 22.6. The number of phenols is 2. The normalized spacial score (nSPS) is 10.2. The first kappa shape index (κ1) is 12.7. The van der Waals surface area contributed by atoms with Gasteiger partial charge in [0.1, 0.15) is 17.1 Å². The molecule has 0 bridgehead atoms. The third kappa shape index (κ3) is 1.82. The molecule has 0 unspecified atom stereocenters. The predicted octanol–water partition coefficient (Wildman–Crippen LogP) is 2.57. The van der Waals surface area contributed by atoms with E-state index >= 15 is 0 Å². The van der Waals surface area contributed by atoms with E-state index in [1.807, 2.05) is 0 Å². The third-order valence-corrected chi connectivity index (χ3v) is 3.30. The van der Waals surface area contributed by atoms with Crippen molar-refractivity contribution < 1.29 is 19.8 Å². The Balaban J connectivity index is 3.80. The zero-order valence-corrected chi connectivity index (χ0v) is 10.7. The SMILES string of the molecule is CC(=O)c1c(C)c(Br)c(O)c(C(C)=O)c1O. The van der Waals surface area contributed by atoms with Gasteiger partial charge in [-0.15, -0.1) is 0 Å². The van der Waals surface area contributed by atoms with Crippen LogP contribution in [-0.2, 0) is 0 Å². The summed E-state index contributed by atoms with van der Waals surface area (Å²) in [6.45, 7) is 4.07. The van der Waals surface area contributed by atoms with E-state index in [2.05, 4.69) is 15.9 Å². The fourth-order valence-electron chi connectivity index (χ4n) is 1.58. The van der Waals surface area contributed by atoms with Crippen molar-refractivity contribution in [1.29, 1.82) is 0 Å². The summed E-state index contributed by atoms with van der Waals surface area (Å²) in [5.41, 5.74) is 0.227. The molecule has 0 aliphatic heterocycles. The minimum atomic E-state index is -0.502. The lowest BCUT2D eigenvalue weighted by atomic mass is 9.97. The zero-order chi connectivity index (χ0) is 12.6. The summed E-state index contributed by atoms with van der Waals surface area (Å²) in [6.07, 6.45) is 0. The lowest BCUT2D eigenvalue weighted by Gasteiger charge is -2.13. The van der Waals surface area contributed by atoms with Crippen LogP contribution < -0.4 is 0 Å². The maximum atomic E-state index is 11.4. The number of hydrogen-bond donors (Lipinski definition) is 2. The lowest BCUT2D eigenvalue weighted by Crippen LogP contribution is -2.04. The van der Waals surface area contributed by atoms with E-state index in [0.29, 0.717) is 5.56 Å². The molecule has 1 rings (SSSR count). The fourth-order valence-corrected chi connectivity index (χ4v) is 1.97. The number of ketones is 2. The first-order valence-corrected chi connectivity index (χ1v) is 5.34. The van der Waals surface area contributed by atoms with Crippen molar-refractivity contribution in [2.45, 2.75) is 20.8 Å². The molecular weight excluding hydrogens is 276 g/mol. The molecular formula is C11H11BrO4. The Labute approximate surface area is 101 Å². The van der Waals surface area contributed by atoms with Gasteiger partial charge in [-0.1, -0.05) is 0 Å². The van der Waals surface area contributed by atoms with Crippen molar-refractivity contribution in [3.63, 3.8) is 0 Å². The molecule has 0 fully saturated rings. The van der Waals surface area contributed by atoms with Crippen LogP contribution in [0.5, 0.6) is 11.5 Å². The molecule has 16 heavy (non-hydrogen) atoms. The molecule has 0 amide bonds. The number of Topliss-reactive ketones (excluding diaryl/α,β-unsaturated/α-hetero) is 2. The molecule has 1 aromatic rings. The molecule has 0 spiro atoms. The van der Waals surface area contributed by atoms with Crippen LogP contribution in [0.15, 0.2) is 4.47 Å². The lowest BCUT2D eigenvalue weighted by molar-refractivity contribution is 0.101. The average molecular weight is 287 g/mol. The summed E-state index contributed by atoms with van der Waals surface area (Å²) >= 11 is 3.09. The van der Waals surface area contributed by atoms with Gasteiger partial charge < -0.3 is 10.2 Å². The van der Waals surface area contributed by atoms with Crippen molar-refractivity contribution >= 4 is 27.5 Å². The molecule has 0 atom stereocenters. The number of phenolic OH excluding ortho intramolecular Hbond substituents is 2. The van der Waals surface area contributed by atoms with Crippen LogP contribution in [0, 0.1) is 6.92 Å². The summed E-state index contributed by atoms with van der Waals surface area (Å²) in [5, 5.41) is 19.5. The van der Waals surface area contributed by atoms with Gasteiger partial charge >= 0.3 is 0 Å². The highest BCUT2D eigenvalue weighted by molar-refractivity contribution is 9.10. The second kappa shape index (κ2) is 4.25. The monoisotopic (exact) mass is 286 g/mol. The first-order chi connectivity index (χ1) is 7.29. The Hall–Kier alpha value is -1.36. The molecule has 0 aromatic heterocycles. The van der Waals surface area contributed by atoms with Crippen LogP contribution in [0.25, 0.3) is 0 Å². The Kier molecular flexibility index (Phi) is 3.38. The van der Waals surface area contributed by atoms with Crippen LogP contribution in [0.1, 0.15) is 40.1 Å². The van der Waals surface area contributed by atoms with E-state index in [9.17, 15) is 19.8 Å². The number of hydrogen-bond acceptors (Lipinski definition) is 4. The fraction of sp³-hybridized carbons (Fsp3) is 0.273. The minimum absolute atomic E-state index is 0.0508. The molecule has 2 N–H and O–H groups in total. The predicted molar refractivity (Wildman–Crippen MR) is 62.2 cm³/mol. The summed E-state index contributed by atoms with van der Waals surface area (Å²) in [7, 11) is 0. The molecule has 86 valence electrons. The van der Waals surface area contributed by atoms with Gasteiger partial charge in [0.15, 0.2) is 11.6 Å². The smallest absolute Gasteiger partial charge is 0.167 e. The molecule has 5 heteroatoms. The highest BCUT2D eigenvalue weighted by Gasteiger charge is 2.24. The van der Waals surface area contributed by atoms with E-state index in [4.69, 9.17) is 0 Å². The van der Waals surface area contributed by atoms with E-state index in [-0.39, 0.29) is 27.1 Å². The van der Waals surface area contributed by atoms with Crippen molar-refractivity contribution in [3.8, 4) is 11.5 Å². The van der Waals surface area contributed by atoms with Gasteiger partial charge in [-0.25, -0.2) is 0 Å². The van der Waals surface area contributed by atoms with Crippen molar-refractivity contribution in [2.75, 3.05) is 0 Å². The highest BCUT2D eigenvalue weighted by atomic mass is 79.9. The van der Waals surface area contributed by atoms with Gasteiger partial charge in [-0.2, -0.15) is 0 Å². The Bertz CT molecular complexity index is 450. The van der Waals surface area contributed by atoms with Gasteiger partial charge in [0.25, 0.3) is 0 Å². The van der Waals surface area contributed by atoms with Crippen molar-refractivity contribution in [3.05, 3.63) is 21.2 Å². The Morgan fingerprint density at radius 3 is 1.81 bits per heavy atom. The molecule has 0 aliphatic carbocycles. The number of aromatic hydroxyl groups is 2. The molecule has 1 aromatic carbocycles. The molecule has 4 nitrogen and oxygen atoms in total. The number of benzene rings is 1. The zero-order valence-electron chi connectivity index (χ0n) is 9.09.